The minimum Gasteiger partial charge on any atom is -0.411 e. The molecule has 7 nitrogen and oxygen atoms in total. The van der Waals surface area contributed by atoms with Gasteiger partial charge in [0.2, 0.25) is 0 Å². The average Bonchev–Trinajstić information content (AvgIpc) is 3.07. The zero-order chi connectivity index (χ0) is 19.3. The molecule has 1 saturated heterocycles. The van der Waals surface area contributed by atoms with Crippen molar-refractivity contribution in [3.05, 3.63) is 28.7 Å². The molecule has 26 heavy (non-hydrogen) atoms. The van der Waals surface area contributed by atoms with Crippen molar-refractivity contribution in [1.82, 2.24) is 14.5 Å². The summed E-state index contributed by atoms with van der Waals surface area (Å²) in [6, 6.07) is 0. The van der Waals surface area contributed by atoms with Gasteiger partial charge >= 0.3 is 0 Å². The zero-order valence-electron chi connectivity index (χ0n) is 15.7. The van der Waals surface area contributed by atoms with E-state index in [4.69, 9.17) is 9.16 Å². The Morgan fingerprint density at radius 2 is 2.19 bits per heavy atom. The lowest BCUT2D eigenvalue weighted by Gasteiger charge is -2.39. The molecule has 2 N–H and O–H groups in total. The molecule has 3 rings (SSSR count). The maximum absolute atomic E-state index is 14.2. The molecule has 0 saturated carbocycles. The van der Waals surface area contributed by atoms with Gasteiger partial charge in [0.1, 0.15) is 17.7 Å². The summed E-state index contributed by atoms with van der Waals surface area (Å²) in [5, 5.41) is 9.65. The van der Waals surface area contributed by atoms with E-state index in [1.54, 1.807) is 0 Å². The molecule has 0 radical (unpaired) electrons. The quantitative estimate of drug-likeness (QED) is 0.792. The predicted octanol–water partition coefficient (Wildman–Crippen LogP) is 2.53. The van der Waals surface area contributed by atoms with Crippen LogP contribution >= 0.6 is 0 Å². The number of aliphatic hydroxyl groups is 1. The number of nitrogens with one attached hydrogen (secondary N) is 1. The maximum atomic E-state index is 14.2. The fraction of sp³-hybridized carbons (Fsp3) is 0.647. The Morgan fingerprint density at radius 1 is 1.50 bits per heavy atom. The summed E-state index contributed by atoms with van der Waals surface area (Å²) in [5.41, 5.74) is -0.307. The summed E-state index contributed by atoms with van der Waals surface area (Å²) < 4.78 is 28.1. The van der Waals surface area contributed by atoms with Crippen molar-refractivity contribution in [3.63, 3.8) is 0 Å². The number of hydrogen-bond donors (Lipinski definition) is 2. The molecular formula is C17H26FN3O4Si. The molecule has 3 atom stereocenters. The smallest absolute Gasteiger partial charge is 0.263 e. The van der Waals surface area contributed by atoms with Crippen molar-refractivity contribution in [1.29, 1.82) is 0 Å². The molecule has 0 bridgehead atoms. The van der Waals surface area contributed by atoms with Crippen LogP contribution in [0.4, 0.5) is 4.39 Å². The highest BCUT2D eigenvalue weighted by atomic mass is 28.4. The van der Waals surface area contributed by atoms with Crippen LogP contribution in [0.2, 0.25) is 18.1 Å². The topological polar surface area (TPSA) is 89.4 Å². The number of H-pyrrole nitrogens is 1. The summed E-state index contributed by atoms with van der Waals surface area (Å²) >= 11 is 0. The van der Waals surface area contributed by atoms with Gasteiger partial charge in [-0.3, -0.25) is 4.79 Å². The first-order valence-electron chi connectivity index (χ1n) is 8.73. The van der Waals surface area contributed by atoms with Gasteiger partial charge in [-0.1, -0.05) is 20.8 Å². The zero-order valence-corrected chi connectivity index (χ0v) is 16.7. The first-order chi connectivity index (χ1) is 12.0. The molecule has 0 aliphatic carbocycles. The fourth-order valence-electron chi connectivity index (χ4n) is 2.98. The van der Waals surface area contributed by atoms with Crippen LogP contribution in [0.5, 0.6) is 0 Å². The van der Waals surface area contributed by atoms with Crippen LogP contribution in [0, 0.1) is 5.82 Å². The highest BCUT2D eigenvalue weighted by molar-refractivity contribution is 6.74. The van der Waals surface area contributed by atoms with E-state index in [1.807, 2.05) is 0 Å². The van der Waals surface area contributed by atoms with Crippen LogP contribution < -0.4 is 5.56 Å². The summed E-state index contributed by atoms with van der Waals surface area (Å²) in [5.74, 6) is -0.646. The van der Waals surface area contributed by atoms with Crippen LogP contribution in [-0.4, -0.2) is 46.8 Å². The molecule has 2 aromatic rings. The normalized spacial score (nSPS) is 24.5. The lowest BCUT2D eigenvalue weighted by molar-refractivity contribution is -0.0410. The van der Waals surface area contributed by atoms with Crippen LogP contribution in [0.25, 0.3) is 11.0 Å². The Kier molecular flexibility index (Phi) is 4.85. The lowest BCUT2D eigenvalue weighted by Crippen LogP contribution is -2.46. The summed E-state index contributed by atoms with van der Waals surface area (Å²) in [4.78, 5) is 18.3. The number of rotatable bonds is 4. The number of hydrogen-bond acceptors (Lipinski definition) is 5. The predicted molar refractivity (Wildman–Crippen MR) is 98.0 cm³/mol. The number of aliphatic hydroxyl groups excluding tert-OH is 1. The standard InChI is InChI=1S/C17H26FN3O4Si/c1-17(2,3)26(4,5)25-11-6-13(24-12(11)8-22)21-7-10(18)14-15(21)19-9-20-16(14)23/h7,9,11-13,22H,6,8H2,1-5H3,(H,19,20,23)/t11?,12-,13-/m1/s1. The van der Waals surface area contributed by atoms with Gasteiger partial charge in [0.25, 0.3) is 5.56 Å². The minimum atomic E-state index is -2.06. The molecule has 1 aliphatic rings. The first-order valence-corrected chi connectivity index (χ1v) is 11.6. The van der Waals surface area contributed by atoms with Gasteiger partial charge in [0.05, 0.1) is 19.0 Å². The summed E-state index contributed by atoms with van der Waals surface area (Å²) in [7, 11) is -2.06. The van der Waals surface area contributed by atoms with Crippen LogP contribution in [0.3, 0.4) is 0 Å². The van der Waals surface area contributed by atoms with E-state index in [1.165, 1.54) is 17.1 Å². The third kappa shape index (κ3) is 3.24. The second-order valence-corrected chi connectivity index (χ2v) is 13.0. The van der Waals surface area contributed by atoms with Gasteiger partial charge in [-0.15, -0.1) is 0 Å². The van der Waals surface area contributed by atoms with Crippen LogP contribution in [0.15, 0.2) is 17.3 Å². The van der Waals surface area contributed by atoms with E-state index >= 15 is 0 Å². The van der Waals surface area contributed by atoms with E-state index in [0.717, 1.165) is 0 Å². The lowest BCUT2D eigenvalue weighted by atomic mass is 10.2. The highest BCUT2D eigenvalue weighted by Crippen LogP contribution is 2.41. The van der Waals surface area contributed by atoms with Crippen molar-refractivity contribution in [2.24, 2.45) is 0 Å². The molecular weight excluding hydrogens is 357 g/mol. The summed E-state index contributed by atoms with van der Waals surface area (Å²) in [6.07, 6.45) is 1.56. The number of aromatic nitrogens is 3. The molecule has 0 spiro atoms. The Bertz CT molecular complexity index is 858. The Balaban J connectivity index is 1.91. The molecule has 9 heteroatoms. The molecule has 0 aromatic carbocycles. The maximum Gasteiger partial charge on any atom is 0.263 e. The van der Waals surface area contributed by atoms with Crippen molar-refractivity contribution in [2.45, 2.75) is 63.8 Å². The number of aromatic amines is 1. The van der Waals surface area contributed by atoms with Crippen LogP contribution in [-0.2, 0) is 9.16 Å². The number of halogens is 1. The Morgan fingerprint density at radius 3 is 2.81 bits per heavy atom. The molecule has 1 aliphatic heterocycles. The SMILES string of the molecule is CC(C)(C)[Si](C)(C)OC1C[C@H](n2cc(F)c3c(=O)[nH]cnc32)O[C@@H]1CO. The molecule has 3 heterocycles. The number of nitrogens with zero attached hydrogens (tertiary/aromatic N) is 2. The first kappa shape index (κ1) is 19.2. The van der Waals surface area contributed by atoms with E-state index in [0.29, 0.717) is 6.42 Å². The van der Waals surface area contributed by atoms with Gasteiger partial charge in [-0.05, 0) is 18.1 Å². The molecule has 1 unspecified atom stereocenters. The second-order valence-electron chi connectivity index (χ2n) is 8.28. The molecule has 0 amide bonds. The van der Waals surface area contributed by atoms with Gasteiger partial charge in [0.15, 0.2) is 19.8 Å². The van der Waals surface area contributed by atoms with Crippen LogP contribution in [0.1, 0.15) is 33.4 Å². The second kappa shape index (κ2) is 6.56. The molecule has 1 fully saturated rings. The van der Waals surface area contributed by atoms with Crippen molar-refractivity contribution >= 4 is 19.4 Å². The van der Waals surface area contributed by atoms with Gasteiger partial charge in [-0.2, -0.15) is 0 Å². The fourth-order valence-corrected chi connectivity index (χ4v) is 4.34. The van der Waals surface area contributed by atoms with Gasteiger partial charge < -0.3 is 23.8 Å². The van der Waals surface area contributed by atoms with E-state index in [-0.39, 0.29) is 28.8 Å². The Labute approximate surface area is 152 Å². The van der Waals surface area contributed by atoms with E-state index < -0.39 is 32.0 Å². The van der Waals surface area contributed by atoms with E-state index in [2.05, 4.69) is 43.8 Å². The van der Waals surface area contributed by atoms with Crippen molar-refractivity contribution < 1.29 is 18.7 Å². The largest absolute Gasteiger partial charge is 0.411 e. The highest BCUT2D eigenvalue weighted by Gasteiger charge is 2.45. The van der Waals surface area contributed by atoms with Gasteiger partial charge in [-0.25, -0.2) is 9.37 Å². The van der Waals surface area contributed by atoms with Crippen molar-refractivity contribution in [2.75, 3.05) is 6.61 Å². The number of ether oxygens (including phenoxy) is 1. The third-order valence-corrected chi connectivity index (χ3v) is 10.00. The summed E-state index contributed by atoms with van der Waals surface area (Å²) in [6.45, 7) is 10.5. The monoisotopic (exact) mass is 383 g/mol. The van der Waals surface area contributed by atoms with E-state index in [9.17, 15) is 14.3 Å². The molecule has 144 valence electrons. The average molecular weight is 383 g/mol. The number of fused-ring (bicyclic) bond motifs is 1. The Hall–Kier alpha value is -1.55. The van der Waals surface area contributed by atoms with Gasteiger partial charge in [0, 0.05) is 12.6 Å². The minimum absolute atomic E-state index is 0.0200. The van der Waals surface area contributed by atoms with Crippen molar-refractivity contribution in [3.8, 4) is 0 Å². The molecule has 2 aromatic heterocycles. The third-order valence-electron chi connectivity index (χ3n) is 5.49.